The minimum absolute atomic E-state index is 0.150. The number of H-pyrrole nitrogens is 1. The molecule has 8 nitrogen and oxygen atoms in total. The highest BCUT2D eigenvalue weighted by atomic mass is 16.4. The minimum Gasteiger partial charge on any atom is -0.481 e. The summed E-state index contributed by atoms with van der Waals surface area (Å²) >= 11 is 0. The Morgan fingerprint density at radius 3 is 2.29 bits per heavy atom. The maximum absolute atomic E-state index is 12.4. The maximum atomic E-state index is 12.4. The number of aliphatic carboxylic acids is 1. The Morgan fingerprint density at radius 2 is 1.56 bits per heavy atom. The summed E-state index contributed by atoms with van der Waals surface area (Å²) in [5.74, 6) is -0.228. The second-order valence-corrected chi connectivity index (χ2v) is 8.15. The molecule has 1 amide bonds. The molecule has 0 saturated carbocycles. The number of rotatable bonds is 8. The molecule has 0 unspecified atom stereocenters. The number of nitrogens with one attached hydrogen (secondary N) is 2. The van der Waals surface area contributed by atoms with E-state index >= 15 is 0 Å². The Bertz CT molecular complexity index is 1440. The lowest BCUT2D eigenvalue weighted by atomic mass is 10.1. The van der Waals surface area contributed by atoms with Crippen LogP contribution < -0.4 is 5.32 Å². The molecule has 0 atom stereocenters. The van der Waals surface area contributed by atoms with Crippen molar-refractivity contribution >= 4 is 44.7 Å². The van der Waals surface area contributed by atoms with Gasteiger partial charge in [0.15, 0.2) is 0 Å². The summed E-state index contributed by atoms with van der Waals surface area (Å²) in [6, 6.07) is 15.1. The van der Waals surface area contributed by atoms with Crippen LogP contribution in [-0.2, 0) is 4.79 Å². The Labute approximate surface area is 195 Å². The zero-order valence-electron chi connectivity index (χ0n) is 18.4. The summed E-state index contributed by atoms with van der Waals surface area (Å²) in [5, 5.41) is 13.4. The van der Waals surface area contributed by atoms with Gasteiger partial charge in [0, 0.05) is 47.3 Å². The summed E-state index contributed by atoms with van der Waals surface area (Å²) in [5.41, 5.74) is 4.83. The van der Waals surface area contributed by atoms with Crippen LogP contribution in [0.3, 0.4) is 0 Å². The summed E-state index contributed by atoms with van der Waals surface area (Å²) in [4.78, 5) is 40.3. The van der Waals surface area contributed by atoms with Crippen LogP contribution in [0.15, 0.2) is 60.9 Å². The summed E-state index contributed by atoms with van der Waals surface area (Å²) < 4.78 is 0. The molecule has 0 aliphatic rings. The van der Waals surface area contributed by atoms with Crippen LogP contribution >= 0.6 is 0 Å². The average molecular weight is 454 g/mol. The summed E-state index contributed by atoms with van der Waals surface area (Å²) in [7, 11) is 0. The molecular formula is C26H23N5O3. The number of aromatic nitrogens is 4. The van der Waals surface area contributed by atoms with Crippen molar-refractivity contribution in [3.63, 3.8) is 0 Å². The van der Waals surface area contributed by atoms with Gasteiger partial charge < -0.3 is 15.4 Å². The number of hydrogen-bond donors (Lipinski definition) is 3. The number of imidazole rings is 1. The highest BCUT2D eigenvalue weighted by Gasteiger charge is 2.15. The third kappa shape index (κ3) is 4.17. The molecule has 0 bridgehead atoms. The number of fused-ring (bicyclic) bond motifs is 6. The molecular weight excluding hydrogens is 430 g/mol. The monoisotopic (exact) mass is 453 g/mol. The van der Waals surface area contributed by atoms with Crippen molar-refractivity contribution in [2.24, 2.45) is 0 Å². The van der Waals surface area contributed by atoms with Gasteiger partial charge in [-0.05, 0) is 49.2 Å². The number of carbonyl (C=O) groups is 2. The van der Waals surface area contributed by atoms with Crippen LogP contribution in [-0.4, -0.2) is 43.5 Å². The molecule has 3 N–H and O–H groups in total. The van der Waals surface area contributed by atoms with E-state index in [1.54, 1.807) is 24.5 Å². The number of pyridine rings is 2. The molecule has 0 saturated heterocycles. The van der Waals surface area contributed by atoms with Crippen molar-refractivity contribution < 1.29 is 14.7 Å². The first kappa shape index (κ1) is 21.5. The van der Waals surface area contributed by atoms with Crippen LogP contribution in [0.5, 0.6) is 0 Å². The van der Waals surface area contributed by atoms with Crippen molar-refractivity contribution in [2.75, 3.05) is 6.54 Å². The van der Waals surface area contributed by atoms with Crippen LogP contribution in [0.2, 0.25) is 0 Å². The van der Waals surface area contributed by atoms with Gasteiger partial charge in [0.25, 0.3) is 5.91 Å². The maximum Gasteiger partial charge on any atom is 0.303 e. The third-order valence-corrected chi connectivity index (χ3v) is 5.84. The normalized spacial score (nSPS) is 11.3. The first-order chi connectivity index (χ1) is 16.6. The zero-order valence-corrected chi connectivity index (χ0v) is 18.4. The lowest BCUT2D eigenvalue weighted by Gasteiger charge is -2.05. The second kappa shape index (κ2) is 9.27. The van der Waals surface area contributed by atoms with Gasteiger partial charge in [-0.2, -0.15) is 0 Å². The van der Waals surface area contributed by atoms with E-state index in [9.17, 15) is 9.59 Å². The number of carboxylic acids is 1. The Balaban J connectivity index is 1.36. The molecule has 0 aliphatic carbocycles. The van der Waals surface area contributed by atoms with E-state index in [1.165, 1.54) is 0 Å². The van der Waals surface area contributed by atoms with Crippen molar-refractivity contribution in [1.82, 2.24) is 25.3 Å². The molecule has 0 aliphatic heterocycles. The molecule has 3 heterocycles. The number of amides is 1. The Morgan fingerprint density at radius 1 is 0.853 bits per heavy atom. The van der Waals surface area contributed by atoms with Crippen LogP contribution in [0.1, 0.15) is 36.0 Å². The first-order valence-corrected chi connectivity index (χ1v) is 11.2. The number of carboxylic acid groups (broad SMARTS) is 1. The zero-order chi connectivity index (χ0) is 23.5. The summed E-state index contributed by atoms with van der Waals surface area (Å²) in [6.07, 6.45) is 5.83. The lowest BCUT2D eigenvalue weighted by Crippen LogP contribution is -2.24. The topological polar surface area (TPSA) is 121 Å². The fraction of sp³-hybridized carbons (Fsp3) is 0.192. The van der Waals surface area contributed by atoms with Crippen LogP contribution in [0.25, 0.3) is 44.2 Å². The predicted molar refractivity (Wildman–Crippen MR) is 131 cm³/mol. The van der Waals surface area contributed by atoms with Gasteiger partial charge in [-0.25, -0.2) is 4.98 Å². The fourth-order valence-corrected chi connectivity index (χ4v) is 4.14. The van der Waals surface area contributed by atoms with Gasteiger partial charge in [0.05, 0.1) is 22.1 Å². The standard InChI is InChI=1S/C26H23N5O3/c32-20(33)8-2-1-3-13-29-26(34)17-11-9-16(10-12-17)25-30-23-18-6-4-14-27-21(18)22-19(24(23)31-25)7-5-15-28-22/h4-7,9-12,14-15H,1-3,8,13H2,(H,29,34)(H,30,31)(H,32,33). The minimum atomic E-state index is -0.789. The molecule has 2 aromatic carbocycles. The van der Waals surface area contributed by atoms with Gasteiger partial charge >= 0.3 is 5.97 Å². The van der Waals surface area contributed by atoms with E-state index in [0.717, 1.165) is 51.2 Å². The molecule has 170 valence electrons. The molecule has 0 radical (unpaired) electrons. The van der Waals surface area contributed by atoms with E-state index in [4.69, 9.17) is 10.1 Å². The molecule has 0 spiro atoms. The van der Waals surface area contributed by atoms with Crippen LogP contribution in [0, 0.1) is 0 Å². The molecule has 0 fully saturated rings. The van der Waals surface area contributed by atoms with Crippen molar-refractivity contribution in [3.05, 3.63) is 66.5 Å². The van der Waals surface area contributed by atoms with Gasteiger partial charge in [-0.1, -0.05) is 18.6 Å². The number of aromatic amines is 1. The lowest BCUT2D eigenvalue weighted by molar-refractivity contribution is -0.137. The highest BCUT2D eigenvalue weighted by Crippen LogP contribution is 2.33. The quantitative estimate of drug-likeness (QED) is 0.231. The van der Waals surface area contributed by atoms with Gasteiger partial charge in [-0.3, -0.25) is 19.6 Å². The number of benzene rings is 2. The largest absolute Gasteiger partial charge is 0.481 e. The predicted octanol–water partition coefficient (Wildman–Crippen LogP) is 4.70. The molecule has 34 heavy (non-hydrogen) atoms. The highest BCUT2D eigenvalue weighted by molar-refractivity contribution is 6.21. The van der Waals surface area contributed by atoms with Crippen molar-refractivity contribution in [3.8, 4) is 11.4 Å². The van der Waals surface area contributed by atoms with E-state index in [2.05, 4.69) is 20.3 Å². The van der Waals surface area contributed by atoms with Crippen molar-refractivity contribution in [2.45, 2.75) is 25.7 Å². The second-order valence-electron chi connectivity index (χ2n) is 8.15. The SMILES string of the molecule is O=C(O)CCCCCNC(=O)c1ccc(-c2nc3c4cccnc4c4ncccc4c3[nH]2)cc1. The average Bonchev–Trinajstić information content (AvgIpc) is 3.32. The van der Waals surface area contributed by atoms with Gasteiger partial charge in [-0.15, -0.1) is 0 Å². The molecule has 8 heteroatoms. The smallest absolute Gasteiger partial charge is 0.303 e. The van der Waals surface area contributed by atoms with E-state index in [-0.39, 0.29) is 12.3 Å². The molecule has 5 aromatic rings. The first-order valence-electron chi connectivity index (χ1n) is 11.2. The van der Waals surface area contributed by atoms with Gasteiger partial charge in [0.1, 0.15) is 5.82 Å². The number of nitrogens with zero attached hydrogens (tertiary/aromatic N) is 3. The van der Waals surface area contributed by atoms with E-state index < -0.39 is 5.97 Å². The molecule has 3 aromatic heterocycles. The van der Waals surface area contributed by atoms with E-state index in [1.807, 2.05) is 36.4 Å². The third-order valence-electron chi connectivity index (χ3n) is 5.84. The number of unbranched alkanes of at least 4 members (excludes halogenated alkanes) is 2. The Hall–Kier alpha value is -4.33. The van der Waals surface area contributed by atoms with Gasteiger partial charge in [0.2, 0.25) is 0 Å². The summed E-state index contributed by atoms with van der Waals surface area (Å²) in [6.45, 7) is 0.520. The fourth-order valence-electron chi connectivity index (χ4n) is 4.14. The molecule has 5 rings (SSSR count). The van der Waals surface area contributed by atoms with E-state index in [0.29, 0.717) is 24.4 Å². The number of hydrogen-bond acceptors (Lipinski definition) is 5. The Kier molecular flexibility index (Phi) is 5.86. The van der Waals surface area contributed by atoms with Crippen molar-refractivity contribution in [1.29, 1.82) is 0 Å². The number of carbonyl (C=O) groups excluding carboxylic acids is 1. The van der Waals surface area contributed by atoms with Crippen LogP contribution in [0.4, 0.5) is 0 Å².